The van der Waals surface area contributed by atoms with Gasteiger partial charge in [0.1, 0.15) is 11.5 Å². The van der Waals surface area contributed by atoms with Crippen molar-refractivity contribution < 1.29 is 36.1 Å². The third-order valence-electron chi connectivity index (χ3n) is 10.9. The SMILES string of the molecule is Cc1cc(CN(CCc2cc(C)cc(-n3c4ccccc4c4ccccc43)c2O)CCN(C)C)c(O)c(-c2c(C)cccc2C)c1.[CH2-]c1ccccc1.[CH2-]c1ccccc1.[Hf+4]. The number of aromatic hydroxyl groups is 2. The molecule has 6 heteroatoms. The van der Waals surface area contributed by atoms with E-state index in [0.29, 0.717) is 24.5 Å². The molecule has 0 aliphatic carbocycles. The molecule has 0 unspecified atom stereocenters. The fraction of sp³-hybridized carbons (Fsp3) is 0.200. The first-order valence-electron chi connectivity index (χ1n) is 20.7. The van der Waals surface area contributed by atoms with Crippen LogP contribution in [0.15, 0.2) is 152 Å². The second-order valence-corrected chi connectivity index (χ2v) is 16.0. The molecule has 308 valence electrons. The number of aromatic nitrogens is 1. The van der Waals surface area contributed by atoms with Crippen molar-refractivity contribution in [3.63, 3.8) is 0 Å². The molecule has 0 radical (unpaired) electrons. The van der Waals surface area contributed by atoms with Gasteiger partial charge in [-0.05, 0) is 106 Å². The van der Waals surface area contributed by atoms with Crippen LogP contribution in [0, 0.1) is 41.5 Å². The van der Waals surface area contributed by atoms with E-state index in [-0.39, 0.29) is 25.8 Å². The van der Waals surface area contributed by atoms with E-state index in [2.05, 4.69) is 161 Å². The van der Waals surface area contributed by atoms with Crippen LogP contribution in [0.3, 0.4) is 0 Å². The van der Waals surface area contributed by atoms with Crippen LogP contribution in [0.1, 0.15) is 44.5 Å². The molecule has 1 aromatic heterocycles. The standard InChI is InChI=1S/C41H45N3O2.2C7H7.Hf/c1-27-23-32(40(45)35(24-27)39-29(3)12-11-13-30(39)4)26-43(21-20-42(5)6)19-18-31-22-28(2)25-38(41(31)46)44-36-16-9-7-14-33(36)34-15-8-10-17-37(34)44;2*1-7-5-3-2-4-6-7;/h7-17,22-25,45-46H,18-21,26H2,1-6H3;2*2-6H,1H2;/q;2*-1;+4. The van der Waals surface area contributed by atoms with E-state index in [1.807, 2.05) is 60.7 Å². The summed E-state index contributed by atoms with van der Waals surface area (Å²) in [6.45, 7) is 18.9. The molecule has 8 rings (SSSR count). The fourth-order valence-electron chi connectivity index (χ4n) is 7.87. The van der Waals surface area contributed by atoms with E-state index in [0.717, 1.165) is 92.0 Å². The van der Waals surface area contributed by atoms with Gasteiger partial charge >= 0.3 is 25.8 Å². The number of hydrogen-bond acceptors (Lipinski definition) is 4. The maximum atomic E-state index is 11.8. The molecular weight excluding hydrogens is 913 g/mol. The van der Waals surface area contributed by atoms with Gasteiger partial charge in [0.15, 0.2) is 0 Å². The molecule has 0 fully saturated rings. The van der Waals surface area contributed by atoms with Crippen LogP contribution < -0.4 is 0 Å². The minimum absolute atomic E-state index is 0. The Balaban J connectivity index is 0.000000396. The van der Waals surface area contributed by atoms with E-state index < -0.39 is 0 Å². The molecule has 0 saturated carbocycles. The van der Waals surface area contributed by atoms with Gasteiger partial charge in [-0.3, -0.25) is 4.90 Å². The predicted octanol–water partition coefficient (Wildman–Crippen LogP) is 12.4. The zero-order chi connectivity index (χ0) is 42.8. The Kier molecular flexibility index (Phi) is 16.7. The van der Waals surface area contributed by atoms with Gasteiger partial charge in [0.25, 0.3) is 0 Å². The third-order valence-corrected chi connectivity index (χ3v) is 10.9. The van der Waals surface area contributed by atoms with Crippen molar-refractivity contribution in [3.05, 3.63) is 210 Å². The van der Waals surface area contributed by atoms with Crippen LogP contribution in [0.5, 0.6) is 11.5 Å². The number of likely N-dealkylation sites (N-methyl/N-ethyl adjacent to an activating group) is 1. The predicted molar refractivity (Wildman–Crippen MR) is 254 cm³/mol. The average Bonchev–Trinajstić information content (AvgIpc) is 3.56. The van der Waals surface area contributed by atoms with Crippen LogP contribution in [0.2, 0.25) is 0 Å². The molecule has 0 aliphatic rings. The Morgan fingerprint density at radius 1 is 0.525 bits per heavy atom. The summed E-state index contributed by atoms with van der Waals surface area (Å²) in [5, 5.41) is 25.8. The van der Waals surface area contributed by atoms with Crippen molar-refractivity contribution in [1.82, 2.24) is 14.4 Å². The zero-order valence-corrected chi connectivity index (χ0v) is 40.2. The summed E-state index contributed by atoms with van der Waals surface area (Å²) in [4.78, 5) is 4.58. The topological polar surface area (TPSA) is 51.9 Å². The maximum Gasteiger partial charge on any atom is 4.00 e. The van der Waals surface area contributed by atoms with Crippen molar-refractivity contribution in [3.8, 4) is 28.3 Å². The van der Waals surface area contributed by atoms with Gasteiger partial charge in [-0.2, -0.15) is 49.2 Å². The molecule has 8 aromatic rings. The van der Waals surface area contributed by atoms with Crippen molar-refractivity contribution in [2.75, 3.05) is 33.7 Å². The summed E-state index contributed by atoms with van der Waals surface area (Å²) >= 11 is 0. The van der Waals surface area contributed by atoms with E-state index in [4.69, 9.17) is 0 Å². The Hall–Kier alpha value is -5.53. The molecule has 0 bridgehead atoms. The van der Waals surface area contributed by atoms with E-state index in [1.54, 1.807) is 0 Å². The molecule has 0 aliphatic heterocycles. The van der Waals surface area contributed by atoms with Crippen molar-refractivity contribution >= 4 is 21.8 Å². The summed E-state index contributed by atoms with van der Waals surface area (Å²) in [7, 11) is 4.18. The molecule has 61 heavy (non-hydrogen) atoms. The number of rotatable bonds is 10. The number of hydrogen-bond donors (Lipinski definition) is 2. The first-order chi connectivity index (χ1) is 28.9. The molecule has 0 atom stereocenters. The minimum atomic E-state index is 0. The normalized spacial score (nSPS) is 10.9. The zero-order valence-electron chi connectivity index (χ0n) is 36.6. The summed E-state index contributed by atoms with van der Waals surface area (Å²) < 4.78 is 2.19. The molecule has 2 N–H and O–H groups in total. The van der Waals surface area contributed by atoms with Gasteiger partial charge in [-0.15, -0.1) is 24.3 Å². The van der Waals surface area contributed by atoms with Crippen molar-refractivity contribution in [2.45, 2.75) is 40.7 Å². The van der Waals surface area contributed by atoms with Gasteiger partial charge in [-0.1, -0.05) is 78.9 Å². The number of para-hydroxylation sites is 2. The molecular formula is C55H59HfN3O2+2. The number of phenols is 2. The fourth-order valence-corrected chi connectivity index (χ4v) is 7.87. The largest absolute Gasteiger partial charge is 4.00 e. The Morgan fingerprint density at radius 3 is 1.52 bits per heavy atom. The number of phenolic OH excluding ortho intramolecular Hbond substituents is 2. The van der Waals surface area contributed by atoms with Gasteiger partial charge in [0.05, 0.1) is 16.7 Å². The average molecular weight is 973 g/mol. The molecule has 5 nitrogen and oxygen atoms in total. The Morgan fingerprint density at radius 2 is 1.02 bits per heavy atom. The van der Waals surface area contributed by atoms with Crippen molar-refractivity contribution in [1.29, 1.82) is 0 Å². The molecule has 0 saturated heterocycles. The van der Waals surface area contributed by atoms with Gasteiger partial charge in [0.2, 0.25) is 0 Å². The van der Waals surface area contributed by atoms with E-state index >= 15 is 0 Å². The first-order valence-corrected chi connectivity index (χ1v) is 20.7. The van der Waals surface area contributed by atoms with Crippen LogP contribution in [0.4, 0.5) is 0 Å². The van der Waals surface area contributed by atoms with Gasteiger partial charge < -0.3 is 19.7 Å². The summed E-state index contributed by atoms with van der Waals surface area (Å²) in [5.41, 5.74) is 13.5. The number of benzene rings is 7. The summed E-state index contributed by atoms with van der Waals surface area (Å²) in [6.07, 6.45) is 0.682. The second kappa shape index (κ2) is 21.8. The molecule has 0 amide bonds. The Labute approximate surface area is 382 Å². The molecule has 0 spiro atoms. The minimum Gasteiger partial charge on any atom is -0.507 e. The summed E-state index contributed by atoms with van der Waals surface area (Å²) in [5.74, 6) is 0.672. The summed E-state index contributed by atoms with van der Waals surface area (Å²) in [6, 6.07) is 51.2. The van der Waals surface area contributed by atoms with Crippen LogP contribution in [0.25, 0.3) is 38.6 Å². The smallest absolute Gasteiger partial charge is 0.507 e. The van der Waals surface area contributed by atoms with Crippen LogP contribution >= 0.6 is 0 Å². The number of nitrogens with zero attached hydrogens (tertiary/aromatic N) is 3. The molecule has 7 aromatic carbocycles. The van der Waals surface area contributed by atoms with E-state index in [9.17, 15) is 10.2 Å². The number of aryl methyl sites for hydroxylation is 4. The van der Waals surface area contributed by atoms with Gasteiger partial charge in [-0.25, -0.2) is 0 Å². The second-order valence-electron chi connectivity index (χ2n) is 16.0. The number of fused-ring (bicyclic) bond motifs is 3. The molecule has 1 heterocycles. The van der Waals surface area contributed by atoms with Gasteiger partial charge in [0, 0.05) is 48.1 Å². The van der Waals surface area contributed by atoms with Crippen LogP contribution in [-0.4, -0.2) is 58.3 Å². The van der Waals surface area contributed by atoms with E-state index in [1.165, 1.54) is 10.8 Å². The quantitative estimate of drug-likeness (QED) is 0.106. The monoisotopic (exact) mass is 973 g/mol. The third kappa shape index (κ3) is 11.9. The van der Waals surface area contributed by atoms with Crippen LogP contribution in [-0.2, 0) is 38.8 Å². The first kappa shape index (κ1) is 46.5. The Bertz CT molecular complexity index is 2540. The van der Waals surface area contributed by atoms with Crippen molar-refractivity contribution in [2.24, 2.45) is 0 Å². The maximum absolute atomic E-state index is 11.8.